The standard InChI is InChI=1S/C7H13IN2O/c1-10-4-2-7(3-5-10)9-8-6-11/h7,9H,2-5H2,1H3. The highest BCUT2D eigenvalue weighted by Crippen LogP contribution is 2.09. The maximum Gasteiger partial charge on any atom is 0.172 e. The van der Waals surface area contributed by atoms with Gasteiger partial charge < -0.3 is 4.90 Å². The van der Waals surface area contributed by atoms with Crippen LogP contribution in [0.3, 0.4) is 0 Å². The highest BCUT2D eigenvalue weighted by molar-refractivity contribution is 14.2. The predicted molar refractivity (Wildman–Crippen MR) is 53.4 cm³/mol. The fourth-order valence-corrected chi connectivity index (χ4v) is 2.41. The van der Waals surface area contributed by atoms with Crippen molar-refractivity contribution in [3.05, 3.63) is 0 Å². The molecule has 1 rings (SSSR count). The summed E-state index contributed by atoms with van der Waals surface area (Å²) in [5.41, 5.74) is 0. The molecule has 1 saturated heterocycles. The van der Waals surface area contributed by atoms with Gasteiger partial charge in [-0.3, -0.25) is 3.53 Å². The first kappa shape index (κ1) is 9.32. The molecule has 1 fully saturated rings. The Balaban J connectivity index is 2.22. The van der Waals surface area contributed by atoms with E-state index in [0.29, 0.717) is 6.04 Å². The minimum absolute atomic E-state index is 0.486. The van der Waals surface area contributed by atoms with E-state index in [-0.39, 0.29) is 0 Å². The number of nitrogens with one attached hydrogen (secondary N) is 1. The third-order valence-electron chi connectivity index (χ3n) is 1.97. The van der Waals surface area contributed by atoms with E-state index in [9.17, 15) is 4.79 Å². The molecule has 0 aromatic rings. The zero-order valence-corrected chi connectivity index (χ0v) is 8.80. The maximum absolute atomic E-state index is 9.96. The van der Waals surface area contributed by atoms with Gasteiger partial charge >= 0.3 is 0 Å². The summed E-state index contributed by atoms with van der Waals surface area (Å²) in [5.74, 6) is 0. The Morgan fingerprint density at radius 3 is 2.73 bits per heavy atom. The number of rotatable bonds is 2. The van der Waals surface area contributed by atoms with Gasteiger partial charge in [0, 0.05) is 6.04 Å². The number of nitrogens with zero attached hydrogens (tertiary/aromatic N) is 1. The summed E-state index contributed by atoms with van der Waals surface area (Å²) in [6.07, 6.45) is 2.36. The predicted octanol–water partition coefficient (Wildman–Crippen LogP) is 0.623. The van der Waals surface area contributed by atoms with E-state index in [1.165, 1.54) is 12.8 Å². The minimum atomic E-state index is -0.486. The van der Waals surface area contributed by atoms with Gasteiger partial charge in [0.15, 0.2) is 3.88 Å². The number of hydrogen-bond acceptors (Lipinski definition) is 3. The number of hydrogen-bond donors (Lipinski definition) is 1. The molecule has 0 aromatic carbocycles. The molecule has 0 atom stereocenters. The molecule has 0 saturated carbocycles. The first-order valence-corrected chi connectivity index (χ1v) is 5.92. The minimum Gasteiger partial charge on any atom is -0.306 e. The van der Waals surface area contributed by atoms with E-state index in [4.69, 9.17) is 0 Å². The van der Waals surface area contributed by atoms with Gasteiger partial charge in [-0.25, -0.2) is 4.79 Å². The molecule has 3 nitrogen and oxygen atoms in total. The van der Waals surface area contributed by atoms with E-state index in [2.05, 4.69) is 15.5 Å². The molecule has 1 aliphatic heterocycles. The van der Waals surface area contributed by atoms with Crippen molar-refractivity contribution in [1.82, 2.24) is 8.43 Å². The van der Waals surface area contributed by atoms with E-state index in [1.54, 1.807) is 0 Å². The van der Waals surface area contributed by atoms with Crippen LogP contribution >= 0.6 is 21.0 Å². The zero-order chi connectivity index (χ0) is 8.10. The molecule has 0 spiro atoms. The van der Waals surface area contributed by atoms with Crippen molar-refractivity contribution in [2.75, 3.05) is 20.1 Å². The van der Waals surface area contributed by atoms with Crippen molar-refractivity contribution in [3.63, 3.8) is 0 Å². The van der Waals surface area contributed by atoms with Crippen LogP contribution in [0.15, 0.2) is 0 Å². The molecular weight excluding hydrogens is 255 g/mol. The van der Waals surface area contributed by atoms with Gasteiger partial charge in [-0.1, -0.05) is 0 Å². The summed E-state index contributed by atoms with van der Waals surface area (Å²) >= 11 is -0.486. The molecule has 0 amide bonds. The highest BCUT2D eigenvalue weighted by Gasteiger charge is 2.14. The lowest BCUT2D eigenvalue weighted by molar-refractivity contribution is 0.252. The molecule has 11 heavy (non-hydrogen) atoms. The van der Waals surface area contributed by atoms with Crippen LogP contribution in [0.2, 0.25) is 0 Å². The Bertz CT molecular complexity index is 160. The van der Waals surface area contributed by atoms with Crippen molar-refractivity contribution < 1.29 is 4.79 Å². The van der Waals surface area contributed by atoms with Crippen LogP contribution in [-0.4, -0.2) is 35.0 Å². The van der Waals surface area contributed by atoms with Crippen LogP contribution in [0, 0.1) is 0 Å². The third-order valence-corrected chi connectivity index (χ3v) is 3.38. The lowest BCUT2D eigenvalue weighted by atomic mass is 10.1. The quantitative estimate of drug-likeness (QED) is 0.588. The maximum atomic E-state index is 9.96. The van der Waals surface area contributed by atoms with Gasteiger partial charge in [-0.15, -0.1) is 0 Å². The molecule has 0 aromatic heterocycles. The molecule has 0 unspecified atom stereocenters. The molecule has 4 heteroatoms. The summed E-state index contributed by atoms with van der Waals surface area (Å²) in [4.78, 5) is 12.3. The average molecular weight is 268 g/mol. The molecule has 0 bridgehead atoms. The largest absolute Gasteiger partial charge is 0.306 e. The average Bonchev–Trinajstić information content (AvgIpc) is 2.04. The summed E-state index contributed by atoms with van der Waals surface area (Å²) in [7, 11) is 2.14. The van der Waals surface area contributed by atoms with E-state index < -0.39 is 21.0 Å². The molecular formula is C7H13IN2O. The van der Waals surface area contributed by atoms with Crippen LogP contribution in [0.5, 0.6) is 0 Å². The summed E-state index contributed by atoms with van der Waals surface area (Å²) in [6, 6.07) is 0.584. The first-order chi connectivity index (χ1) is 5.33. The number of carbonyl (C=O) groups excluding carboxylic acids is 1. The van der Waals surface area contributed by atoms with Gasteiger partial charge in [0.05, 0.1) is 21.0 Å². The Hall–Kier alpha value is 0.230. The van der Waals surface area contributed by atoms with Gasteiger partial charge in [-0.05, 0) is 33.0 Å². The lowest BCUT2D eigenvalue weighted by Gasteiger charge is -2.27. The van der Waals surface area contributed by atoms with Gasteiger partial charge in [0.1, 0.15) is 0 Å². The van der Waals surface area contributed by atoms with Crippen LogP contribution in [-0.2, 0) is 4.79 Å². The summed E-state index contributed by atoms with van der Waals surface area (Å²) in [5, 5.41) is 0. The smallest absolute Gasteiger partial charge is 0.172 e. The second-order valence-electron chi connectivity index (χ2n) is 2.86. The van der Waals surface area contributed by atoms with E-state index >= 15 is 0 Å². The van der Waals surface area contributed by atoms with Crippen LogP contribution < -0.4 is 3.53 Å². The second kappa shape index (κ2) is 4.98. The normalized spacial score (nSPS) is 21.5. The van der Waals surface area contributed by atoms with Crippen LogP contribution in [0.1, 0.15) is 12.8 Å². The Labute approximate surface area is 77.2 Å². The van der Waals surface area contributed by atoms with Crippen molar-refractivity contribution >= 4 is 24.9 Å². The van der Waals surface area contributed by atoms with Gasteiger partial charge in [0.2, 0.25) is 0 Å². The molecule has 64 valence electrons. The fraction of sp³-hybridized carbons (Fsp3) is 0.857. The topological polar surface area (TPSA) is 32.3 Å². The van der Waals surface area contributed by atoms with Crippen LogP contribution in [0.4, 0.5) is 0 Å². The zero-order valence-electron chi connectivity index (χ0n) is 6.64. The van der Waals surface area contributed by atoms with Crippen molar-refractivity contribution in [3.8, 4) is 0 Å². The molecule has 1 heterocycles. The fourth-order valence-electron chi connectivity index (χ4n) is 1.22. The number of halogens is 1. The molecule has 0 radical (unpaired) electrons. The van der Waals surface area contributed by atoms with E-state index in [0.717, 1.165) is 13.1 Å². The summed E-state index contributed by atoms with van der Waals surface area (Å²) < 4.78 is 5.21. The first-order valence-electron chi connectivity index (χ1n) is 3.77. The van der Waals surface area contributed by atoms with Crippen molar-refractivity contribution in [2.45, 2.75) is 18.9 Å². The third kappa shape index (κ3) is 3.42. The monoisotopic (exact) mass is 268 g/mol. The van der Waals surface area contributed by atoms with Crippen molar-refractivity contribution in [1.29, 1.82) is 0 Å². The molecule has 0 aliphatic carbocycles. The number of likely N-dealkylation sites (tertiary alicyclic amines) is 1. The van der Waals surface area contributed by atoms with Gasteiger partial charge in [0.25, 0.3) is 0 Å². The Morgan fingerprint density at radius 2 is 2.18 bits per heavy atom. The lowest BCUT2D eigenvalue weighted by Crippen LogP contribution is -2.37. The van der Waals surface area contributed by atoms with Crippen LogP contribution in [0.25, 0.3) is 0 Å². The summed E-state index contributed by atoms with van der Waals surface area (Å²) in [6.45, 7) is 2.31. The molecule has 1 aliphatic rings. The SMILES string of the molecule is CN1CCC(NI=C=O)CC1. The number of piperidine rings is 1. The van der Waals surface area contributed by atoms with E-state index in [1.807, 2.05) is 3.88 Å². The Kier molecular flexibility index (Phi) is 4.22. The van der Waals surface area contributed by atoms with Gasteiger partial charge in [-0.2, -0.15) is 0 Å². The molecule has 1 N–H and O–H groups in total. The highest BCUT2D eigenvalue weighted by atomic mass is 127. The van der Waals surface area contributed by atoms with Crippen molar-refractivity contribution in [2.24, 2.45) is 0 Å². The Morgan fingerprint density at radius 1 is 1.55 bits per heavy atom. The second-order valence-corrected chi connectivity index (χ2v) is 4.46.